The number of nitrogens with zero attached hydrogens (tertiary/aromatic N) is 6. The van der Waals surface area contributed by atoms with Crippen LogP contribution in [0.1, 0.15) is 29.5 Å². The van der Waals surface area contributed by atoms with Crippen LogP contribution < -0.4 is 0 Å². The minimum absolute atomic E-state index is 0.0870. The summed E-state index contributed by atoms with van der Waals surface area (Å²) in [6.07, 6.45) is 2.65. The van der Waals surface area contributed by atoms with E-state index in [2.05, 4.69) is 15.3 Å². The topological polar surface area (TPSA) is 84.2 Å². The van der Waals surface area contributed by atoms with Crippen LogP contribution in [0.25, 0.3) is 16.6 Å². The second kappa shape index (κ2) is 7.62. The summed E-state index contributed by atoms with van der Waals surface area (Å²) in [6, 6.07) is 9.73. The number of hydrogen-bond donors (Lipinski definition) is 0. The van der Waals surface area contributed by atoms with Gasteiger partial charge in [-0.3, -0.25) is 14.6 Å². The highest BCUT2D eigenvalue weighted by Gasteiger charge is 2.28. The molecular formula is C21H24N6O2. The third-order valence-corrected chi connectivity index (χ3v) is 5.55. The predicted octanol–water partition coefficient (Wildman–Crippen LogP) is 2.06. The van der Waals surface area contributed by atoms with Crippen molar-refractivity contribution in [1.82, 2.24) is 29.8 Å². The van der Waals surface area contributed by atoms with Crippen molar-refractivity contribution in [3.63, 3.8) is 0 Å². The Labute approximate surface area is 169 Å². The quantitative estimate of drug-likeness (QED) is 0.679. The molecule has 8 heteroatoms. The van der Waals surface area contributed by atoms with E-state index < -0.39 is 0 Å². The number of para-hydroxylation sites is 1. The van der Waals surface area contributed by atoms with Crippen molar-refractivity contribution in [3.05, 3.63) is 47.9 Å². The smallest absolute Gasteiger partial charge is 0.276 e. The number of likely N-dealkylation sites (tertiary alicyclic amines) is 1. The first-order valence-corrected chi connectivity index (χ1v) is 9.73. The lowest BCUT2D eigenvalue weighted by Gasteiger charge is -2.21. The molecule has 2 aromatic heterocycles. The lowest BCUT2D eigenvalue weighted by Crippen LogP contribution is -2.34. The van der Waals surface area contributed by atoms with E-state index in [1.165, 1.54) is 0 Å². The van der Waals surface area contributed by atoms with Crippen LogP contribution >= 0.6 is 0 Å². The van der Waals surface area contributed by atoms with Gasteiger partial charge < -0.3 is 9.80 Å². The summed E-state index contributed by atoms with van der Waals surface area (Å²) < 4.78 is 1.67. The van der Waals surface area contributed by atoms with Crippen LogP contribution in [-0.4, -0.2) is 68.3 Å². The molecule has 1 atom stereocenters. The van der Waals surface area contributed by atoms with Gasteiger partial charge in [-0.2, -0.15) is 0 Å². The number of aromatic nitrogens is 4. The fourth-order valence-electron chi connectivity index (χ4n) is 3.93. The number of benzene rings is 1. The Kier molecular flexibility index (Phi) is 5.00. The van der Waals surface area contributed by atoms with Crippen molar-refractivity contribution >= 4 is 22.7 Å². The first kappa shape index (κ1) is 19.0. The van der Waals surface area contributed by atoms with Crippen molar-refractivity contribution in [2.75, 3.05) is 26.7 Å². The van der Waals surface area contributed by atoms with Crippen LogP contribution in [0, 0.1) is 12.8 Å². The highest BCUT2D eigenvalue weighted by molar-refractivity contribution is 5.93. The summed E-state index contributed by atoms with van der Waals surface area (Å²) >= 11 is 0. The Morgan fingerprint density at radius 2 is 2.03 bits per heavy atom. The fraction of sp³-hybridized carbons (Fsp3) is 0.381. The first-order valence-electron chi connectivity index (χ1n) is 9.73. The van der Waals surface area contributed by atoms with E-state index >= 15 is 0 Å². The van der Waals surface area contributed by atoms with E-state index in [-0.39, 0.29) is 17.7 Å². The van der Waals surface area contributed by atoms with Gasteiger partial charge in [-0.25, -0.2) is 4.68 Å². The van der Waals surface area contributed by atoms with E-state index in [0.717, 1.165) is 29.6 Å². The molecule has 8 nitrogen and oxygen atoms in total. The number of fused-ring (bicyclic) bond motifs is 1. The van der Waals surface area contributed by atoms with E-state index in [1.54, 1.807) is 29.7 Å². The van der Waals surface area contributed by atoms with Gasteiger partial charge in [0.25, 0.3) is 5.91 Å². The minimum Gasteiger partial charge on any atom is -0.343 e. The second-order valence-electron chi connectivity index (χ2n) is 7.59. The molecule has 1 aliphatic rings. The molecule has 3 heterocycles. The molecule has 1 aromatic carbocycles. The maximum Gasteiger partial charge on any atom is 0.276 e. The monoisotopic (exact) mass is 392 g/mol. The minimum atomic E-state index is -0.164. The molecule has 0 bridgehead atoms. The third-order valence-electron chi connectivity index (χ3n) is 5.55. The Hall–Kier alpha value is -3.29. The zero-order valence-corrected chi connectivity index (χ0v) is 16.9. The number of rotatable bonds is 4. The van der Waals surface area contributed by atoms with E-state index in [0.29, 0.717) is 24.5 Å². The average Bonchev–Trinajstić information content (AvgIpc) is 3.34. The molecule has 4 rings (SSSR count). The summed E-state index contributed by atoms with van der Waals surface area (Å²) in [4.78, 5) is 32.5. The molecule has 3 aromatic rings. The highest BCUT2D eigenvalue weighted by Crippen LogP contribution is 2.22. The predicted molar refractivity (Wildman–Crippen MR) is 109 cm³/mol. The van der Waals surface area contributed by atoms with Crippen molar-refractivity contribution in [2.24, 2.45) is 5.92 Å². The molecule has 1 aliphatic heterocycles. The summed E-state index contributed by atoms with van der Waals surface area (Å²) in [5.41, 5.74) is 2.62. The second-order valence-corrected chi connectivity index (χ2v) is 7.59. The lowest BCUT2D eigenvalue weighted by atomic mass is 10.1. The molecule has 29 heavy (non-hydrogen) atoms. The molecule has 1 saturated heterocycles. The van der Waals surface area contributed by atoms with Gasteiger partial charge in [-0.1, -0.05) is 23.4 Å². The zero-order valence-electron chi connectivity index (χ0n) is 16.9. The van der Waals surface area contributed by atoms with Gasteiger partial charge in [0, 0.05) is 45.2 Å². The van der Waals surface area contributed by atoms with Crippen molar-refractivity contribution in [3.8, 4) is 5.69 Å². The fourth-order valence-corrected chi connectivity index (χ4v) is 3.93. The maximum absolute atomic E-state index is 13.0. The maximum atomic E-state index is 13.0. The largest absolute Gasteiger partial charge is 0.343 e. The molecule has 0 radical (unpaired) electrons. The Morgan fingerprint density at radius 3 is 2.79 bits per heavy atom. The molecule has 0 saturated carbocycles. The molecule has 0 aliphatic carbocycles. The SMILES string of the molecule is CC(=O)N1CCC(CN(C)C(=O)c2nnn(-c3cccc4cccnc34)c2C)C1. The number of pyridine rings is 1. The van der Waals surface area contributed by atoms with Crippen molar-refractivity contribution < 1.29 is 9.59 Å². The molecule has 1 fully saturated rings. The van der Waals surface area contributed by atoms with Crippen LogP contribution in [0.4, 0.5) is 0 Å². The lowest BCUT2D eigenvalue weighted by molar-refractivity contribution is -0.127. The van der Waals surface area contributed by atoms with Crippen molar-refractivity contribution in [1.29, 1.82) is 0 Å². The van der Waals surface area contributed by atoms with Crippen LogP contribution in [0.5, 0.6) is 0 Å². The Morgan fingerprint density at radius 1 is 1.24 bits per heavy atom. The number of carbonyl (C=O) groups excluding carboxylic acids is 2. The van der Waals surface area contributed by atoms with Gasteiger partial charge >= 0.3 is 0 Å². The molecule has 0 N–H and O–H groups in total. The highest BCUT2D eigenvalue weighted by atomic mass is 16.2. The average molecular weight is 392 g/mol. The van der Waals surface area contributed by atoms with Gasteiger partial charge in [0.1, 0.15) is 0 Å². The van der Waals surface area contributed by atoms with Gasteiger partial charge in [-0.15, -0.1) is 5.10 Å². The summed E-state index contributed by atoms with van der Waals surface area (Å²) in [5.74, 6) is 0.206. The third kappa shape index (κ3) is 3.57. The van der Waals surface area contributed by atoms with Gasteiger partial charge in [0.2, 0.25) is 5.91 Å². The van der Waals surface area contributed by atoms with E-state index in [1.807, 2.05) is 42.2 Å². The van der Waals surface area contributed by atoms with Crippen LogP contribution in [-0.2, 0) is 4.79 Å². The first-order chi connectivity index (χ1) is 14.0. The van der Waals surface area contributed by atoms with Gasteiger partial charge in [0.05, 0.1) is 16.9 Å². The molecule has 0 spiro atoms. The van der Waals surface area contributed by atoms with Gasteiger partial charge in [0.15, 0.2) is 5.69 Å². The Bertz CT molecular complexity index is 1070. The zero-order chi connectivity index (χ0) is 20.5. The van der Waals surface area contributed by atoms with E-state index in [4.69, 9.17) is 0 Å². The van der Waals surface area contributed by atoms with Crippen LogP contribution in [0.3, 0.4) is 0 Å². The summed E-state index contributed by atoms with van der Waals surface area (Å²) in [5, 5.41) is 9.40. The number of carbonyl (C=O) groups is 2. The van der Waals surface area contributed by atoms with Crippen LogP contribution in [0.2, 0.25) is 0 Å². The Balaban J connectivity index is 1.55. The van der Waals surface area contributed by atoms with Gasteiger partial charge in [-0.05, 0) is 31.4 Å². The molecular weight excluding hydrogens is 368 g/mol. The number of amides is 2. The van der Waals surface area contributed by atoms with E-state index in [9.17, 15) is 9.59 Å². The molecule has 150 valence electrons. The molecule has 2 amide bonds. The van der Waals surface area contributed by atoms with Crippen molar-refractivity contribution in [2.45, 2.75) is 20.3 Å². The number of hydrogen-bond acceptors (Lipinski definition) is 5. The van der Waals surface area contributed by atoms with Crippen LogP contribution in [0.15, 0.2) is 36.5 Å². The summed E-state index contributed by atoms with van der Waals surface area (Å²) in [7, 11) is 1.77. The molecule has 1 unspecified atom stereocenters. The normalized spacial score (nSPS) is 16.4. The summed E-state index contributed by atoms with van der Waals surface area (Å²) in [6.45, 7) is 5.47. The standard InChI is InChI=1S/C21H24N6O2/c1-14-19(21(29)25(3)12-16-9-11-26(13-16)15(2)28)23-24-27(14)18-8-4-6-17-7-5-10-22-20(17)18/h4-8,10,16H,9,11-13H2,1-3H3.